The van der Waals surface area contributed by atoms with Crippen molar-refractivity contribution in [1.29, 1.82) is 0 Å². The van der Waals surface area contributed by atoms with Crippen LogP contribution in [0.2, 0.25) is 0 Å². The van der Waals surface area contributed by atoms with Gasteiger partial charge in [0.1, 0.15) is 4.90 Å². The van der Waals surface area contributed by atoms with Gasteiger partial charge < -0.3 is 10.5 Å². The summed E-state index contributed by atoms with van der Waals surface area (Å²) in [4.78, 5) is 11.1. The summed E-state index contributed by atoms with van der Waals surface area (Å²) in [5, 5.41) is 0. The largest absolute Gasteiger partial charge is 0.469 e. The smallest absolute Gasteiger partial charge is 0.305 e. The van der Waals surface area contributed by atoms with Crippen LogP contribution in [0, 0.1) is 6.92 Å². The number of ether oxygens (including phenoxy) is 1. The van der Waals surface area contributed by atoms with Crippen LogP contribution >= 0.6 is 0 Å². The number of hydrogen-bond acceptors (Lipinski definition) is 5. The Balaban J connectivity index is 2.86. The van der Waals surface area contributed by atoms with Crippen LogP contribution in [-0.2, 0) is 19.6 Å². The summed E-state index contributed by atoms with van der Waals surface area (Å²) in [6.45, 7) is 1.93. The Morgan fingerprint density at radius 3 is 2.60 bits per heavy atom. The second-order valence-corrected chi connectivity index (χ2v) is 6.48. The number of methoxy groups -OCH3 is 1. The number of nitrogen functional groups attached to an aromatic ring is 1. The molecule has 1 aromatic carbocycles. The quantitative estimate of drug-likeness (QED) is 0.629. The summed E-state index contributed by atoms with van der Waals surface area (Å²) in [5.41, 5.74) is 6.59. The minimum absolute atomic E-state index is 0.126. The lowest BCUT2D eigenvalue weighted by Crippen LogP contribution is -2.29. The van der Waals surface area contributed by atoms with Gasteiger partial charge in [0, 0.05) is 20.0 Å². The van der Waals surface area contributed by atoms with Crippen molar-refractivity contribution in [3.05, 3.63) is 23.8 Å². The average Bonchev–Trinajstić information content (AvgIpc) is 2.37. The van der Waals surface area contributed by atoms with Crippen molar-refractivity contribution in [2.45, 2.75) is 24.7 Å². The molecule has 0 radical (unpaired) electrons. The zero-order chi connectivity index (χ0) is 15.3. The topological polar surface area (TPSA) is 89.7 Å². The fraction of sp³-hybridized carbons (Fsp3) is 0.462. The van der Waals surface area contributed by atoms with Crippen LogP contribution in [0.25, 0.3) is 0 Å². The fourth-order valence-electron chi connectivity index (χ4n) is 1.85. The molecule has 0 aliphatic heterocycles. The van der Waals surface area contributed by atoms with Crippen LogP contribution in [0.15, 0.2) is 23.1 Å². The number of hydrogen-bond donors (Lipinski definition) is 1. The van der Waals surface area contributed by atoms with Crippen molar-refractivity contribution in [3.8, 4) is 0 Å². The van der Waals surface area contributed by atoms with Crippen LogP contribution in [0.1, 0.15) is 18.4 Å². The molecule has 0 fully saturated rings. The van der Waals surface area contributed by atoms with Gasteiger partial charge in [-0.05, 0) is 25.0 Å². The third-order valence-electron chi connectivity index (χ3n) is 2.99. The van der Waals surface area contributed by atoms with E-state index in [-0.39, 0.29) is 29.5 Å². The molecule has 7 heteroatoms. The van der Waals surface area contributed by atoms with Gasteiger partial charge in [-0.1, -0.05) is 12.1 Å². The highest BCUT2D eigenvalue weighted by molar-refractivity contribution is 7.89. The second-order valence-electron chi connectivity index (χ2n) is 4.50. The molecule has 2 N–H and O–H groups in total. The molecular formula is C13H20N2O4S. The Morgan fingerprint density at radius 2 is 2.05 bits per heavy atom. The Hall–Kier alpha value is -1.60. The van der Waals surface area contributed by atoms with E-state index in [0.29, 0.717) is 12.0 Å². The maximum absolute atomic E-state index is 12.4. The monoisotopic (exact) mass is 300 g/mol. The molecule has 0 aliphatic carbocycles. The molecule has 0 aliphatic rings. The molecule has 0 saturated carbocycles. The highest BCUT2D eigenvalue weighted by Gasteiger charge is 2.24. The van der Waals surface area contributed by atoms with Gasteiger partial charge in [0.15, 0.2) is 0 Å². The number of anilines is 1. The minimum atomic E-state index is -3.65. The molecule has 6 nitrogen and oxygen atoms in total. The second kappa shape index (κ2) is 6.71. The molecule has 0 unspecified atom stereocenters. The summed E-state index contributed by atoms with van der Waals surface area (Å²) in [6.07, 6.45) is 0.577. The summed E-state index contributed by atoms with van der Waals surface area (Å²) in [5.74, 6) is -0.355. The Bertz CT molecular complexity index is 564. The summed E-state index contributed by atoms with van der Waals surface area (Å²) < 4.78 is 30.6. The molecule has 0 spiro atoms. The van der Waals surface area contributed by atoms with E-state index >= 15 is 0 Å². The third kappa shape index (κ3) is 3.71. The van der Waals surface area contributed by atoms with Gasteiger partial charge >= 0.3 is 5.97 Å². The van der Waals surface area contributed by atoms with E-state index in [0.717, 1.165) is 0 Å². The summed E-state index contributed by atoms with van der Waals surface area (Å²) in [6, 6.07) is 4.97. The number of carbonyl (C=O) groups excluding carboxylic acids is 1. The number of nitrogens with zero attached hydrogens (tertiary/aromatic N) is 1. The van der Waals surface area contributed by atoms with Gasteiger partial charge in [-0.25, -0.2) is 12.7 Å². The SMILES string of the molecule is COC(=O)CCCN(C)S(=O)(=O)c1c(C)cccc1N. The number of sulfonamides is 1. The van der Waals surface area contributed by atoms with Crippen LogP contribution in [-0.4, -0.2) is 39.4 Å². The summed E-state index contributed by atoms with van der Waals surface area (Å²) in [7, 11) is -0.876. The number of benzene rings is 1. The van der Waals surface area contributed by atoms with Gasteiger partial charge in [-0.3, -0.25) is 4.79 Å². The molecule has 1 rings (SSSR count). The van der Waals surface area contributed by atoms with Crippen molar-refractivity contribution in [3.63, 3.8) is 0 Å². The molecule has 0 heterocycles. The maximum Gasteiger partial charge on any atom is 0.305 e. The molecule has 0 saturated heterocycles. The van der Waals surface area contributed by atoms with Crippen LogP contribution < -0.4 is 5.73 Å². The molecule has 112 valence electrons. The van der Waals surface area contributed by atoms with Crippen molar-refractivity contribution in [2.24, 2.45) is 0 Å². The van der Waals surface area contributed by atoms with Gasteiger partial charge in [0.25, 0.3) is 0 Å². The van der Waals surface area contributed by atoms with E-state index in [1.807, 2.05) is 0 Å². The highest BCUT2D eigenvalue weighted by Crippen LogP contribution is 2.25. The Kier molecular flexibility index (Phi) is 5.52. The van der Waals surface area contributed by atoms with E-state index in [4.69, 9.17) is 5.73 Å². The number of rotatable bonds is 6. The molecular weight excluding hydrogens is 280 g/mol. The molecule has 1 aromatic rings. The first-order valence-corrected chi connectivity index (χ1v) is 7.63. The van der Waals surface area contributed by atoms with Gasteiger partial charge in [0.05, 0.1) is 12.8 Å². The van der Waals surface area contributed by atoms with E-state index in [2.05, 4.69) is 4.74 Å². The average molecular weight is 300 g/mol. The number of carbonyl (C=O) groups is 1. The maximum atomic E-state index is 12.4. The van der Waals surface area contributed by atoms with E-state index in [9.17, 15) is 13.2 Å². The lowest BCUT2D eigenvalue weighted by Gasteiger charge is -2.19. The molecule has 0 aromatic heterocycles. The molecule has 20 heavy (non-hydrogen) atoms. The van der Waals surface area contributed by atoms with Gasteiger partial charge in [0.2, 0.25) is 10.0 Å². The predicted molar refractivity (Wildman–Crippen MR) is 76.7 cm³/mol. The molecule has 0 amide bonds. The van der Waals surface area contributed by atoms with E-state index in [1.54, 1.807) is 25.1 Å². The first-order valence-electron chi connectivity index (χ1n) is 6.19. The Morgan fingerprint density at radius 1 is 1.40 bits per heavy atom. The lowest BCUT2D eigenvalue weighted by molar-refractivity contribution is -0.140. The zero-order valence-electron chi connectivity index (χ0n) is 11.9. The fourth-order valence-corrected chi connectivity index (χ4v) is 3.37. The van der Waals surface area contributed by atoms with Gasteiger partial charge in [-0.2, -0.15) is 0 Å². The van der Waals surface area contributed by atoms with E-state index in [1.165, 1.54) is 18.5 Å². The predicted octanol–water partition coefficient (Wildman–Crippen LogP) is 1.15. The third-order valence-corrected chi connectivity index (χ3v) is 5.07. The van der Waals surface area contributed by atoms with Crippen LogP contribution in [0.3, 0.4) is 0 Å². The first-order chi connectivity index (χ1) is 9.30. The van der Waals surface area contributed by atoms with Crippen molar-refractivity contribution >= 4 is 21.7 Å². The molecule has 0 atom stereocenters. The molecule has 0 bridgehead atoms. The number of nitrogens with two attached hydrogens (primary N) is 1. The standard InChI is InChI=1S/C13H20N2O4S/c1-10-6-4-7-11(14)13(10)20(17,18)15(2)9-5-8-12(16)19-3/h4,6-7H,5,8-9,14H2,1-3H3. The van der Waals surface area contributed by atoms with Crippen molar-refractivity contribution in [1.82, 2.24) is 4.31 Å². The van der Waals surface area contributed by atoms with E-state index < -0.39 is 10.0 Å². The number of aryl methyl sites for hydroxylation is 1. The first kappa shape index (κ1) is 16.5. The lowest BCUT2D eigenvalue weighted by atomic mass is 10.2. The van der Waals surface area contributed by atoms with Crippen LogP contribution in [0.4, 0.5) is 5.69 Å². The Labute approximate surface area is 119 Å². The number of esters is 1. The van der Waals surface area contributed by atoms with Gasteiger partial charge in [-0.15, -0.1) is 0 Å². The minimum Gasteiger partial charge on any atom is -0.469 e. The summed E-state index contributed by atoms with van der Waals surface area (Å²) >= 11 is 0. The highest BCUT2D eigenvalue weighted by atomic mass is 32.2. The van der Waals surface area contributed by atoms with Crippen molar-refractivity contribution < 1.29 is 17.9 Å². The van der Waals surface area contributed by atoms with Crippen LogP contribution in [0.5, 0.6) is 0 Å². The van der Waals surface area contributed by atoms with Crippen molar-refractivity contribution in [2.75, 3.05) is 26.4 Å². The normalized spacial score (nSPS) is 11.6. The zero-order valence-corrected chi connectivity index (χ0v) is 12.7.